The van der Waals surface area contributed by atoms with Gasteiger partial charge in [-0.1, -0.05) is 12.2 Å². The Hall–Kier alpha value is -0.800. The van der Waals surface area contributed by atoms with Crippen molar-refractivity contribution < 1.29 is 5.11 Å². The Morgan fingerprint density at radius 1 is 1.55 bits per heavy atom. The van der Waals surface area contributed by atoms with Gasteiger partial charge < -0.3 is 5.11 Å². The highest BCUT2D eigenvalue weighted by molar-refractivity contribution is 7.79. The van der Waals surface area contributed by atoms with E-state index in [1.165, 1.54) is 5.37 Å². The molecule has 0 amide bonds. The van der Waals surface area contributed by atoms with Crippen molar-refractivity contribution in [3.8, 4) is 0 Å². The van der Waals surface area contributed by atoms with Gasteiger partial charge in [-0.05, 0) is 17.7 Å². The minimum absolute atomic E-state index is 0.521. The van der Waals surface area contributed by atoms with Crippen molar-refractivity contribution >= 4 is 17.6 Å². The SMILES string of the molecule is OC(C=S)Cc1ccncc1. The number of aromatic nitrogens is 1. The number of nitrogens with zero attached hydrogens (tertiary/aromatic N) is 1. The zero-order valence-corrected chi connectivity index (χ0v) is 6.79. The molecule has 1 rings (SSSR count). The molecule has 2 nitrogen and oxygen atoms in total. The van der Waals surface area contributed by atoms with Gasteiger partial charge in [0.05, 0.1) is 6.10 Å². The molecule has 11 heavy (non-hydrogen) atoms. The van der Waals surface area contributed by atoms with Crippen LogP contribution >= 0.6 is 12.2 Å². The predicted molar refractivity (Wildman–Crippen MR) is 47.6 cm³/mol. The van der Waals surface area contributed by atoms with Crippen molar-refractivity contribution in [1.82, 2.24) is 4.98 Å². The lowest BCUT2D eigenvalue weighted by Crippen LogP contribution is -2.10. The fourth-order valence-corrected chi connectivity index (χ4v) is 0.905. The first-order valence-corrected chi connectivity index (χ1v) is 3.82. The molecule has 0 spiro atoms. The van der Waals surface area contributed by atoms with Crippen LogP contribution in [-0.2, 0) is 6.42 Å². The minimum atomic E-state index is -0.521. The summed E-state index contributed by atoms with van der Waals surface area (Å²) < 4.78 is 0. The predicted octanol–water partition coefficient (Wildman–Crippen LogP) is 0.985. The van der Waals surface area contributed by atoms with Crippen molar-refractivity contribution in [2.75, 3.05) is 0 Å². The summed E-state index contributed by atoms with van der Waals surface area (Å²) in [5.74, 6) is 0. The molecule has 0 aliphatic rings. The van der Waals surface area contributed by atoms with Crippen LogP contribution < -0.4 is 0 Å². The summed E-state index contributed by atoms with van der Waals surface area (Å²) in [7, 11) is 0. The molecule has 0 aliphatic carbocycles. The summed E-state index contributed by atoms with van der Waals surface area (Å²) >= 11 is 4.58. The van der Waals surface area contributed by atoms with Crippen LogP contribution in [-0.4, -0.2) is 21.6 Å². The highest BCUT2D eigenvalue weighted by atomic mass is 32.1. The second-order valence-corrected chi connectivity index (χ2v) is 2.54. The van der Waals surface area contributed by atoms with Crippen LogP contribution in [0.1, 0.15) is 5.56 Å². The summed E-state index contributed by atoms with van der Waals surface area (Å²) in [6.07, 6.45) is 3.45. The average Bonchev–Trinajstić information content (AvgIpc) is 2.06. The Bertz CT molecular complexity index is 225. The van der Waals surface area contributed by atoms with E-state index in [0.717, 1.165) is 5.56 Å². The normalized spacial score (nSPS) is 12.5. The van der Waals surface area contributed by atoms with Gasteiger partial charge >= 0.3 is 0 Å². The quantitative estimate of drug-likeness (QED) is 0.681. The number of aliphatic hydroxyl groups is 1. The average molecular weight is 167 g/mol. The van der Waals surface area contributed by atoms with Gasteiger partial charge in [0, 0.05) is 24.2 Å². The van der Waals surface area contributed by atoms with Gasteiger partial charge in [-0.15, -0.1) is 0 Å². The lowest BCUT2D eigenvalue weighted by atomic mass is 10.1. The second-order valence-electron chi connectivity index (χ2n) is 2.26. The van der Waals surface area contributed by atoms with Crippen molar-refractivity contribution in [3.05, 3.63) is 30.1 Å². The molecule has 0 aromatic carbocycles. The van der Waals surface area contributed by atoms with Gasteiger partial charge in [0.2, 0.25) is 0 Å². The first-order valence-electron chi connectivity index (χ1n) is 3.35. The summed E-state index contributed by atoms with van der Waals surface area (Å²) in [6, 6.07) is 3.73. The Morgan fingerprint density at radius 2 is 2.18 bits per heavy atom. The number of thiocarbonyl (C=S) groups is 1. The molecule has 1 aromatic heterocycles. The molecular formula is C8H9NOS. The summed E-state index contributed by atoms with van der Waals surface area (Å²) in [5, 5.41) is 10.5. The number of rotatable bonds is 3. The van der Waals surface area contributed by atoms with Crippen LogP contribution in [0.25, 0.3) is 0 Å². The highest BCUT2D eigenvalue weighted by Gasteiger charge is 1.99. The summed E-state index contributed by atoms with van der Waals surface area (Å²) in [5.41, 5.74) is 1.05. The van der Waals surface area contributed by atoms with Crippen LogP contribution in [0.15, 0.2) is 24.5 Å². The number of hydrogen-bond donors (Lipinski definition) is 1. The first-order chi connectivity index (χ1) is 5.33. The Balaban J connectivity index is 2.57. The zero-order chi connectivity index (χ0) is 8.10. The molecular weight excluding hydrogens is 158 g/mol. The number of aliphatic hydroxyl groups excluding tert-OH is 1. The van der Waals surface area contributed by atoms with Crippen molar-refractivity contribution in [2.24, 2.45) is 0 Å². The van der Waals surface area contributed by atoms with E-state index in [-0.39, 0.29) is 0 Å². The van der Waals surface area contributed by atoms with Crippen LogP contribution in [0.2, 0.25) is 0 Å². The molecule has 0 bridgehead atoms. The van der Waals surface area contributed by atoms with Crippen LogP contribution in [0, 0.1) is 0 Å². The van der Waals surface area contributed by atoms with Crippen molar-refractivity contribution in [1.29, 1.82) is 0 Å². The van der Waals surface area contributed by atoms with Crippen LogP contribution in [0.5, 0.6) is 0 Å². The van der Waals surface area contributed by atoms with E-state index in [9.17, 15) is 0 Å². The molecule has 0 fully saturated rings. The van der Waals surface area contributed by atoms with Crippen molar-refractivity contribution in [3.63, 3.8) is 0 Å². The molecule has 1 atom stereocenters. The van der Waals surface area contributed by atoms with Gasteiger partial charge in [-0.2, -0.15) is 0 Å². The fourth-order valence-electron chi connectivity index (χ4n) is 0.808. The largest absolute Gasteiger partial charge is 0.388 e. The lowest BCUT2D eigenvalue weighted by Gasteiger charge is -2.02. The van der Waals surface area contributed by atoms with Crippen LogP contribution in [0.4, 0.5) is 0 Å². The Kier molecular flexibility index (Phi) is 3.14. The van der Waals surface area contributed by atoms with E-state index >= 15 is 0 Å². The smallest absolute Gasteiger partial charge is 0.0862 e. The molecule has 1 aromatic rings. The van der Waals surface area contributed by atoms with E-state index in [1.54, 1.807) is 12.4 Å². The molecule has 1 N–H and O–H groups in total. The number of hydrogen-bond acceptors (Lipinski definition) is 3. The molecule has 58 valence electrons. The second kappa shape index (κ2) is 4.16. The monoisotopic (exact) mass is 167 g/mol. The molecule has 3 heteroatoms. The number of pyridine rings is 1. The molecule has 0 saturated heterocycles. The van der Waals surface area contributed by atoms with Gasteiger partial charge in [-0.25, -0.2) is 0 Å². The fraction of sp³-hybridized carbons (Fsp3) is 0.250. The third-order valence-electron chi connectivity index (χ3n) is 1.35. The molecule has 1 heterocycles. The van der Waals surface area contributed by atoms with Gasteiger partial charge in [-0.3, -0.25) is 4.98 Å². The third-order valence-corrected chi connectivity index (χ3v) is 1.67. The zero-order valence-electron chi connectivity index (χ0n) is 5.97. The maximum Gasteiger partial charge on any atom is 0.0862 e. The van der Waals surface area contributed by atoms with E-state index < -0.39 is 6.10 Å². The maximum atomic E-state index is 9.13. The van der Waals surface area contributed by atoms with Gasteiger partial charge in [0.1, 0.15) is 0 Å². The van der Waals surface area contributed by atoms with E-state index in [4.69, 9.17) is 5.11 Å². The van der Waals surface area contributed by atoms with E-state index in [2.05, 4.69) is 17.2 Å². The van der Waals surface area contributed by atoms with Gasteiger partial charge in [0.15, 0.2) is 0 Å². The molecule has 1 unspecified atom stereocenters. The molecule has 0 saturated carbocycles. The minimum Gasteiger partial charge on any atom is -0.388 e. The standard InChI is InChI=1S/C8H9NOS/c10-8(6-11)5-7-1-3-9-4-2-7/h1-4,6,8,10H,5H2. The Morgan fingerprint density at radius 3 is 2.73 bits per heavy atom. The molecule has 0 aliphatic heterocycles. The third kappa shape index (κ3) is 2.74. The summed E-state index contributed by atoms with van der Waals surface area (Å²) in [4.78, 5) is 3.86. The highest BCUT2D eigenvalue weighted by Crippen LogP contribution is 1.99. The summed E-state index contributed by atoms with van der Waals surface area (Å²) in [6.45, 7) is 0. The Labute approximate surface area is 70.9 Å². The van der Waals surface area contributed by atoms with E-state index in [1.807, 2.05) is 12.1 Å². The van der Waals surface area contributed by atoms with Crippen LogP contribution in [0.3, 0.4) is 0 Å². The molecule has 0 radical (unpaired) electrons. The topological polar surface area (TPSA) is 33.1 Å². The van der Waals surface area contributed by atoms with E-state index in [0.29, 0.717) is 6.42 Å². The van der Waals surface area contributed by atoms with Gasteiger partial charge in [0.25, 0.3) is 0 Å². The maximum absolute atomic E-state index is 9.13. The van der Waals surface area contributed by atoms with Crippen molar-refractivity contribution in [2.45, 2.75) is 12.5 Å². The lowest BCUT2D eigenvalue weighted by molar-refractivity contribution is 0.249. The first kappa shape index (κ1) is 8.30.